The summed E-state index contributed by atoms with van der Waals surface area (Å²) in [6, 6.07) is 5.26. The highest BCUT2D eigenvalue weighted by molar-refractivity contribution is 6.32. The van der Waals surface area contributed by atoms with E-state index < -0.39 is 5.82 Å². The number of benzene rings is 1. The zero-order valence-electron chi connectivity index (χ0n) is 9.03. The SMILES string of the molecule is OCc1cnc(Oc2ccc(F)cc2Cl)c(Cl)c1. The van der Waals surface area contributed by atoms with Crippen molar-refractivity contribution < 1.29 is 14.2 Å². The molecule has 0 bridgehead atoms. The molecular formula is C12H8Cl2FNO2. The Hall–Kier alpha value is -1.36. The maximum absolute atomic E-state index is 12.9. The van der Waals surface area contributed by atoms with Crippen molar-refractivity contribution in [3.05, 3.63) is 51.9 Å². The van der Waals surface area contributed by atoms with E-state index in [0.717, 1.165) is 6.07 Å². The van der Waals surface area contributed by atoms with Gasteiger partial charge in [0.05, 0.1) is 11.6 Å². The summed E-state index contributed by atoms with van der Waals surface area (Å²) in [4.78, 5) is 3.94. The Balaban J connectivity index is 2.28. The lowest BCUT2D eigenvalue weighted by Gasteiger charge is -2.08. The number of rotatable bonds is 3. The first-order valence-corrected chi connectivity index (χ1v) is 5.74. The lowest BCUT2D eigenvalue weighted by molar-refractivity contribution is 0.281. The van der Waals surface area contributed by atoms with Gasteiger partial charge in [0.1, 0.15) is 16.6 Å². The molecule has 0 saturated heterocycles. The molecule has 0 aliphatic carbocycles. The van der Waals surface area contributed by atoms with Crippen molar-refractivity contribution in [2.75, 3.05) is 0 Å². The van der Waals surface area contributed by atoms with Crippen LogP contribution in [-0.4, -0.2) is 10.1 Å². The van der Waals surface area contributed by atoms with Crippen LogP contribution in [0.3, 0.4) is 0 Å². The van der Waals surface area contributed by atoms with E-state index in [-0.39, 0.29) is 28.3 Å². The quantitative estimate of drug-likeness (QED) is 0.933. The topological polar surface area (TPSA) is 42.4 Å². The van der Waals surface area contributed by atoms with Crippen LogP contribution in [0.4, 0.5) is 4.39 Å². The summed E-state index contributed by atoms with van der Waals surface area (Å²) in [6.07, 6.45) is 1.43. The molecule has 1 aromatic heterocycles. The molecule has 0 amide bonds. The Bertz CT molecular complexity index is 578. The van der Waals surface area contributed by atoms with Crippen molar-refractivity contribution in [1.82, 2.24) is 4.98 Å². The molecule has 3 nitrogen and oxygen atoms in total. The van der Waals surface area contributed by atoms with Crippen LogP contribution in [0.25, 0.3) is 0 Å². The molecule has 0 aliphatic heterocycles. The summed E-state index contributed by atoms with van der Waals surface area (Å²) in [5.74, 6) is -0.0615. The second-order valence-corrected chi connectivity index (χ2v) is 4.28. The number of ether oxygens (including phenoxy) is 1. The Morgan fingerprint density at radius 3 is 2.61 bits per heavy atom. The van der Waals surface area contributed by atoms with E-state index in [4.69, 9.17) is 33.0 Å². The minimum Gasteiger partial charge on any atom is -0.436 e. The third-order valence-corrected chi connectivity index (χ3v) is 2.71. The lowest BCUT2D eigenvalue weighted by Crippen LogP contribution is -1.92. The minimum atomic E-state index is -0.456. The molecular weight excluding hydrogens is 280 g/mol. The van der Waals surface area contributed by atoms with Crippen LogP contribution in [0.5, 0.6) is 11.6 Å². The molecule has 0 fully saturated rings. The van der Waals surface area contributed by atoms with Gasteiger partial charge in [0.15, 0.2) is 0 Å². The van der Waals surface area contributed by atoms with Gasteiger partial charge in [-0.1, -0.05) is 23.2 Å². The fourth-order valence-corrected chi connectivity index (χ4v) is 1.72. The van der Waals surface area contributed by atoms with Crippen LogP contribution >= 0.6 is 23.2 Å². The van der Waals surface area contributed by atoms with Crippen molar-refractivity contribution in [1.29, 1.82) is 0 Å². The Morgan fingerprint density at radius 1 is 1.22 bits per heavy atom. The van der Waals surface area contributed by atoms with E-state index in [1.54, 1.807) is 0 Å². The molecule has 0 spiro atoms. The van der Waals surface area contributed by atoms with Crippen LogP contribution in [0.15, 0.2) is 30.5 Å². The van der Waals surface area contributed by atoms with Gasteiger partial charge in [0.25, 0.3) is 0 Å². The van der Waals surface area contributed by atoms with E-state index >= 15 is 0 Å². The Kier molecular flexibility index (Phi) is 4.01. The lowest BCUT2D eigenvalue weighted by atomic mass is 10.3. The van der Waals surface area contributed by atoms with Gasteiger partial charge in [0.2, 0.25) is 5.88 Å². The van der Waals surface area contributed by atoms with Crippen LogP contribution in [0.2, 0.25) is 10.0 Å². The van der Waals surface area contributed by atoms with E-state index in [0.29, 0.717) is 5.56 Å². The average Bonchev–Trinajstić information content (AvgIpc) is 2.34. The van der Waals surface area contributed by atoms with Gasteiger partial charge < -0.3 is 9.84 Å². The van der Waals surface area contributed by atoms with E-state index in [9.17, 15) is 4.39 Å². The summed E-state index contributed by atoms with van der Waals surface area (Å²) in [6.45, 7) is -0.162. The van der Waals surface area contributed by atoms with E-state index in [1.807, 2.05) is 0 Å². The predicted octanol–water partition coefficient (Wildman–Crippen LogP) is 3.81. The fourth-order valence-electron chi connectivity index (χ4n) is 1.29. The maximum atomic E-state index is 12.9. The van der Waals surface area contributed by atoms with Crippen LogP contribution in [0.1, 0.15) is 5.56 Å². The molecule has 6 heteroatoms. The smallest absolute Gasteiger partial charge is 0.238 e. The van der Waals surface area contributed by atoms with Crippen LogP contribution < -0.4 is 4.74 Å². The summed E-state index contributed by atoms with van der Waals surface area (Å²) in [5, 5.41) is 9.28. The van der Waals surface area contributed by atoms with Gasteiger partial charge in [-0.05, 0) is 29.8 Å². The molecule has 94 valence electrons. The molecule has 0 saturated carbocycles. The van der Waals surface area contributed by atoms with Gasteiger partial charge in [-0.2, -0.15) is 0 Å². The molecule has 0 radical (unpaired) electrons. The summed E-state index contributed by atoms with van der Waals surface area (Å²) < 4.78 is 18.2. The highest BCUT2D eigenvalue weighted by Gasteiger charge is 2.09. The monoisotopic (exact) mass is 287 g/mol. The number of pyridine rings is 1. The zero-order chi connectivity index (χ0) is 13.1. The molecule has 0 aliphatic rings. The van der Waals surface area contributed by atoms with Crippen molar-refractivity contribution in [2.45, 2.75) is 6.61 Å². The summed E-state index contributed by atoms with van der Waals surface area (Å²) in [7, 11) is 0. The average molecular weight is 288 g/mol. The first kappa shape index (κ1) is 13.1. The van der Waals surface area contributed by atoms with Gasteiger partial charge in [-0.15, -0.1) is 0 Å². The molecule has 0 unspecified atom stereocenters. The van der Waals surface area contributed by atoms with E-state index in [1.165, 1.54) is 24.4 Å². The third kappa shape index (κ3) is 2.90. The second kappa shape index (κ2) is 5.52. The van der Waals surface area contributed by atoms with Crippen molar-refractivity contribution in [3.63, 3.8) is 0 Å². The largest absolute Gasteiger partial charge is 0.436 e. The minimum absolute atomic E-state index is 0.124. The van der Waals surface area contributed by atoms with Crippen LogP contribution in [-0.2, 0) is 6.61 Å². The van der Waals surface area contributed by atoms with Gasteiger partial charge in [-0.3, -0.25) is 0 Å². The van der Waals surface area contributed by atoms with Crippen molar-refractivity contribution >= 4 is 23.2 Å². The van der Waals surface area contributed by atoms with Gasteiger partial charge >= 0.3 is 0 Å². The molecule has 1 heterocycles. The number of nitrogens with zero attached hydrogens (tertiary/aromatic N) is 1. The third-order valence-electron chi connectivity index (χ3n) is 2.15. The molecule has 1 aromatic carbocycles. The highest BCUT2D eigenvalue weighted by atomic mass is 35.5. The van der Waals surface area contributed by atoms with Gasteiger partial charge in [-0.25, -0.2) is 9.37 Å². The molecule has 1 N–H and O–H groups in total. The molecule has 18 heavy (non-hydrogen) atoms. The number of aliphatic hydroxyl groups excluding tert-OH is 1. The zero-order valence-corrected chi connectivity index (χ0v) is 10.5. The predicted molar refractivity (Wildman–Crippen MR) is 66.7 cm³/mol. The molecule has 0 atom stereocenters. The molecule has 2 aromatic rings. The van der Waals surface area contributed by atoms with E-state index in [2.05, 4.69) is 4.98 Å². The highest BCUT2D eigenvalue weighted by Crippen LogP contribution is 2.32. The Morgan fingerprint density at radius 2 is 2.00 bits per heavy atom. The number of aliphatic hydroxyl groups is 1. The van der Waals surface area contributed by atoms with Crippen LogP contribution in [0, 0.1) is 5.82 Å². The fraction of sp³-hybridized carbons (Fsp3) is 0.0833. The Labute approximate surface area is 113 Å². The first-order valence-electron chi connectivity index (χ1n) is 4.98. The number of hydrogen-bond donors (Lipinski definition) is 1. The number of hydrogen-bond acceptors (Lipinski definition) is 3. The standard InChI is InChI=1S/C12H8Cl2FNO2/c13-9-4-8(15)1-2-11(9)18-12-10(14)3-7(6-17)5-16-12/h1-5,17H,6H2. The summed E-state index contributed by atoms with van der Waals surface area (Å²) >= 11 is 11.7. The van der Waals surface area contributed by atoms with Gasteiger partial charge in [0, 0.05) is 6.20 Å². The van der Waals surface area contributed by atoms with Crippen molar-refractivity contribution in [2.24, 2.45) is 0 Å². The maximum Gasteiger partial charge on any atom is 0.238 e. The second-order valence-electron chi connectivity index (χ2n) is 3.47. The number of aromatic nitrogens is 1. The van der Waals surface area contributed by atoms with Crippen molar-refractivity contribution in [3.8, 4) is 11.6 Å². The first-order chi connectivity index (χ1) is 8.60. The number of halogens is 3. The molecule has 2 rings (SSSR count). The summed E-state index contributed by atoms with van der Waals surface area (Å²) in [5.41, 5.74) is 0.567. The normalized spacial score (nSPS) is 10.4.